The van der Waals surface area contributed by atoms with E-state index in [1.165, 1.54) is 35.2 Å². The molecule has 104 valence electrons. The Morgan fingerprint density at radius 2 is 2.05 bits per heavy atom. The van der Waals surface area contributed by atoms with Crippen molar-refractivity contribution in [2.75, 3.05) is 12.4 Å². The number of anilines is 1. The van der Waals surface area contributed by atoms with Gasteiger partial charge in [0.15, 0.2) is 0 Å². The summed E-state index contributed by atoms with van der Waals surface area (Å²) >= 11 is 0. The molecular weight excluding hydrogens is 246 g/mol. The minimum atomic E-state index is 0.409. The molecule has 0 aromatic heterocycles. The Morgan fingerprint density at radius 1 is 1.15 bits per heavy atom. The Kier molecular flexibility index (Phi) is 3.64. The molecule has 0 spiro atoms. The highest BCUT2D eigenvalue weighted by Crippen LogP contribution is 2.34. The Balaban J connectivity index is 1.86. The lowest BCUT2D eigenvalue weighted by Crippen LogP contribution is -2.17. The van der Waals surface area contributed by atoms with Gasteiger partial charge in [-0.3, -0.25) is 0 Å². The van der Waals surface area contributed by atoms with Crippen LogP contribution in [0.2, 0.25) is 0 Å². The van der Waals surface area contributed by atoms with Gasteiger partial charge in [-0.2, -0.15) is 0 Å². The first-order chi connectivity index (χ1) is 9.76. The van der Waals surface area contributed by atoms with Crippen LogP contribution in [0.4, 0.5) is 5.69 Å². The summed E-state index contributed by atoms with van der Waals surface area (Å²) in [5.74, 6) is 0.958. The molecule has 1 atom stereocenters. The fraction of sp³-hybridized carbons (Fsp3) is 0.333. The van der Waals surface area contributed by atoms with Crippen molar-refractivity contribution in [3.63, 3.8) is 0 Å². The molecular formula is C18H21NO. The van der Waals surface area contributed by atoms with Crippen LogP contribution >= 0.6 is 0 Å². The highest BCUT2D eigenvalue weighted by Gasteiger charge is 2.20. The first-order valence-corrected chi connectivity index (χ1v) is 7.26. The minimum absolute atomic E-state index is 0.409. The van der Waals surface area contributed by atoms with Crippen LogP contribution in [-0.2, 0) is 6.42 Å². The fourth-order valence-electron chi connectivity index (χ4n) is 3.00. The van der Waals surface area contributed by atoms with Crippen molar-refractivity contribution in [2.45, 2.75) is 32.2 Å². The van der Waals surface area contributed by atoms with E-state index in [9.17, 15) is 0 Å². The van der Waals surface area contributed by atoms with Crippen LogP contribution in [0.3, 0.4) is 0 Å². The molecule has 1 N–H and O–H groups in total. The Morgan fingerprint density at radius 3 is 2.85 bits per heavy atom. The lowest BCUT2D eigenvalue weighted by molar-refractivity contribution is 0.413. The van der Waals surface area contributed by atoms with Crippen LogP contribution < -0.4 is 10.1 Å². The fourth-order valence-corrected chi connectivity index (χ4v) is 3.00. The van der Waals surface area contributed by atoms with E-state index in [0.717, 1.165) is 12.2 Å². The van der Waals surface area contributed by atoms with Gasteiger partial charge in [0.1, 0.15) is 5.75 Å². The van der Waals surface area contributed by atoms with Crippen LogP contribution in [0.25, 0.3) is 0 Å². The maximum Gasteiger partial charge on any atom is 0.119 e. The zero-order chi connectivity index (χ0) is 13.9. The van der Waals surface area contributed by atoms with Crippen molar-refractivity contribution >= 4 is 5.69 Å². The maximum absolute atomic E-state index is 5.33. The maximum atomic E-state index is 5.33. The van der Waals surface area contributed by atoms with Gasteiger partial charge < -0.3 is 10.1 Å². The van der Waals surface area contributed by atoms with Crippen LogP contribution in [-0.4, -0.2) is 7.11 Å². The molecule has 0 amide bonds. The summed E-state index contributed by atoms with van der Waals surface area (Å²) in [7, 11) is 1.73. The highest BCUT2D eigenvalue weighted by atomic mass is 16.5. The molecule has 3 rings (SSSR count). The summed E-state index contributed by atoms with van der Waals surface area (Å²) in [6.45, 7) is 2.13. The molecule has 1 aliphatic rings. The largest absolute Gasteiger partial charge is 0.497 e. The molecule has 2 aromatic carbocycles. The molecule has 2 nitrogen and oxygen atoms in total. The normalized spacial score (nSPS) is 17.4. The van der Waals surface area contributed by atoms with Crippen LogP contribution in [0.1, 0.15) is 35.6 Å². The van der Waals surface area contributed by atoms with E-state index >= 15 is 0 Å². The minimum Gasteiger partial charge on any atom is -0.497 e. The lowest BCUT2D eigenvalue weighted by Gasteiger charge is -2.27. The van der Waals surface area contributed by atoms with Crippen molar-refractivity contribution < 1.29 is 4.74 Å². The van der Waals surface area contributed by atoms with E-state index < -0.39 is 0 Å². The summed E-state index contributed by atoms with van der Waals surface area (Å²) in [4.78, 5) is 0. The van der Waals surface area contributed by atoms with Gasteiger partial charge >= 0.3 is 0 Å². The van der Waals surface area contributed by atoms with E-state index in [4.69, 9.17) is 4.74 Å². The molecule has 0 saturated carbocycles. The predicted octanol–water partition coefficient (Wildman–Crippen LogP) is 4.49. The van der Waals surface area contributed by atoms with Gasteiger partial charge in [-0.15, -0.1) is 0 Å². The van der Waals surface area contributed by atoms with Crippen LogP contribution in [0, 0.1) is 6.92 Å². The standard InChI is InChI=1S/C18H21NO/c1-13-5-3-7-15(11-13)19-18-8-4-6-14-12-16(20-2)9-10-17(14)18/h3,5,7,9-12,18-19H,4,6,8H2,1-2H3. The molecule has 2 aromatic rings. The summed E-state index contributed by atoms with van der Waals surface area (Å²) in [6.07, 6.45) is 3.56. The van der Waals surface area contributed by atoms with Gasteiger partial charge in [0, 0.05) is 5.69 Å². The quantitative estimate of drug-likeness (QED) is 0.884. The number of nitrogens with one attached hydrogen (secondary N) is 1. The average Bonchev–Trinajstić information content (AvgIpc) is 2.47. The molecule has 1 unspecified atom stereocenters. The van der Waals surface area contributed by atoms with E-state index in [1.54, 1.807) is 7.11 Å². The summed E-state index contributed by atoms with van der Waals surface area (Å²) in [6, 6.07) is 15.4. The van der Waals surface area contributed by atoms with Gasteiger partial charge in [0.2, 0.25) is 0 Å². The van der Waals surface area contributed by atoms with Crippen molar-refractivity contribution in [1.29, 1.82) is 0 Å². The monoisotopic (exact) mass is 267 g/mol. The Bertz CT molecular complexity index is 606. The van der Waals surface area contributed by atoms with Crippen LogP contribution in [0.5, 0.6) is 5.75 Å². The number of hydrogen-bond acceptors (Lipinski definition) is 2. The predicted molar refractivity (Wildman–Crippen MR) is 83.5 cm³/mol. The second-order valence-corrected chi connectivity index (χ2v) is 5.52. The Labute approximate surface area is 120 Å². The second-order valence-electron chi connectivity index (χ2n) is 5.52. The van der Waals surface area contributed by atoms with E-state index in [-0.39, 0.29) is 0 Å². The number of hydrogen-bond donors (Lipinski definition) is 1. The smallest absolute Gasteiger partial charge is 0.119 e. The molecule has 0 saturated heterocycles. The second kappa shape index (κ2) is 5.58. The molecule has 1 aliphatic carbocycles. The van der Waals surface area contributed by atoms with E-state index in [2.05, 4.69) is 54.7 Å². The molecule has 0 aliphatic heterocycles. The summed E-state index contributed by atoms with van der Waals surface area (Å²) in [5.41, 5.74) is 5.33. The first kappa shape index (κ1) is 13.0. The average molecular weight is 267 g/mol. The number of methoxy groups -OCH3 is 1. The van der Waals surface area contributed by atoms with Crippen molar-refractivity contribution in [3.8, 4) is 5.75 Å². The van der Waals surface area contributed by atoms with Gasteiger partial charge in [-0.25, -0.2) is 0 Å². The highest BCUT2D eigenvalue weighted by molar-refractivity contribution is 5.49. The third kappa shape index (κ3) is 2.64. The van der Waals surface area contributed by atoms with Gasteiger partial charge in [-0.1, -0.05) is 18.2 Å². The number of rotatable bonds is 3. The van der Waals surface area contributed by atoms with E-state index in [0.29, 0.717) is 6.04 Å². The van der Waals surface area contributed by atoms with Crippen molar-refractivity contribution in [2.24, 2.45) is 0 Å². The number of aryl methyl sites for hydroxylation is 2. The molecule has 0 radical (unpaired) electrons. The summed E-state index contributed by atoms with van der Waals surface area (Å²) in [5, 5.41) is 3.67. The van der Waals surface area contributed by atoms with Gasteiger partial charge in [0.05, 0.1) is 13.2 Å². The molecule has 0 heterocycles. The van der Waals surface area contributed by atoms with Crippen LogP contribution in [0.15, 0.2) is 42.5 Å². The van der Waals surface area contributed by atoms with E-state index in [1.807, 2.05) is 0 Å². The molecule has 0 bridgehead atoms. The van der Waals surface area contributed by atoms with Crippen molar-refractivity contribution in [1.82, 2.24) is 0 Å². The third-order valence-electron chi connectivity index (χ3n) is 4.02. The zero-order valence-corrected chi connectivity index (χ0v) is 12.1. The molecule has 20 heavy (non-hydrogen) atoms. The van der Waals surface area contributed by atoms with Gasteiger partial charge in [0.25, 0.3) is 0 Å². The topological polar surface area (TPSA) is 21.3 Å². The summed E-state index contributed by atoms with van der Waals surface area (Å²) < 4.78 is 5.33. The number of benzene rings is 2. The zero-order valence-electron chi connectivity index (χ0n) is 12.1. The number of ether oxygens (including phenoxy) is 1. The van der Waals surface area contributed by atoms with Crippen molar-refractivity contribution in [3.05, 3.63) is 59.2 Å². The SMILES string of the molecule is COc1ccc2c(c1)CCCC2Nc1cccc(C)c1. The third-order valence-corrected chi connectivity index (χ3v) is 4.02. The number of fused-ring (bicyclic) bond motifs is 1. The lowest BCUT2D eigenvalue weighted by atomic mass is 9.87. The first-order valence-electron chi connectivity index (χ1n) is 7.26. The van der Waals surface area contributed by atoms with Gasteiger partial charge in [-0.05, 0) is 67.1 Å². The molecule has 0 fully saturated rings. The molecule has 2 heteroatoms. The Hall–Kier alpha value is -1.96.